The number of nitrogens with zero attached hydrogens (tertiary/aromatic N) is 1. The molecule has 1 fully saturated rings. The molecule has 0 spiro atoms. The molecule has 41 heavy (non-hydrogen) atoms. The summed E-state index contributed by atoms with van der Waals surface area (Å²) in [7, 11) is 0. The number of carbonyl (C=O) groups is 5. The monoisotopic (exact) mass is 574 g/mol. The zero-order chi connectivity index (χ0) is 30.7. The number of rotatable bonds is 12. The maximum atomic E-state index is 13.4. The zero-order valence-corrected chi connectivity index (χ0v) is 25.3. The van der Waals surface area contributed by atoms with Gasteiger partial charge in [0.2, 0.25) is 17.7 Å². The Balaban J connectivity index is 1.95. The van der Waals surface area contributed by atoms with Gasteiger partial charge in [-0.25, -0.2) is 9.59 Å². The van der Waals surface area contributed by atoms with Crippen LogP contribution in [0.15, 0.2) is 30.3 Å². The predicted molar refractivity (Wildman–Crippen MR) is 153 cm³/mol. The van der Waals surface area contributed by atoms with Crippen LogP contribution >= 0.6 is 0 Å². The first-order chi connectivity index (χ1) is 19.2. The number of likely N-dealkylation sites (tertiary alicyclic amines) is 1. The number of carbonyl (C=O) groups excluding carboxylic acids is 5. The number of nitrogens with one attached hydrogen (secondary N) is 3. The molecule has 2 rings (SSSR count). The Labute approximate surface area is 243 Å². The quantitative estimate of drug-likeness (QED) is 0.326. The molecule has 3 N–H and O–H groups in total. The number of amides is 4. The van der Waals surface area contributed by atoms with Crippen molar-refractivity contribution in [2.45, 2.75) is 98.1 Å². The lowest BCUT2D eigenvalue weighted by atomic mass is 10.0. The minimum absolute atomic E-state index is 0.0899. The van der Waals surface area contributed by atoms with E-state index in [0.29, 0.717) is 25.8 Å². The molecule has 1 saturated heterocycles. The van der Waals surface area contributed by atoms with Crippen molar-refractivity contribution in [2.24, 2.45) is 11.8 Å². The molecule has 0 aliphatic carbocycles. The van der Waals surface area contributed by atoms with Gasteiger partial charge in [0.05, 0.1) is 6.54 Å². The predicted octanol–water partition coefficient (Wildman–Crippen LogP) is 2.92. The normalized spacial score (nSPS) is 16.6. The summed E-state index contributed by atoms with van der Waals surface area (Å²) in [5, 5.41) is 7.90. The molecule has 0 unspecified atom stereocenters. The van der Waals surface area contributed by atoms with E-state index in [1.165, 1.54) is 4.90 Å². The third-order valence-corrected chi connectivity index (χ3v) is 6.42. The van der Waals surface area contributed by atoms with Gasteiger partial charge in [0, 0.05) is 6.54 Å². The highest BCUT2D eigenvalue weighted by molar-refractivity contribution is 5.94. The van der Waals surface area contributed by atoms with Gasteiger partial charge in [-0.1, -0.05) is 58.0 Å². The SMILES string of the molecule is CC(C)C[C@@H](NC(=O)CNC(=O)[C@@H]1CCCN1C(=O)[C@H](NC(=O)OC(C)(C)C)C(C)C)C(=O)OCc1ccccc1. The van der Waals surface area contributed by atoms with Crippen LogP contribution in [0.4, 0.5) is 4.79 Å². The van der Waals surface area contributed by atoms with Crippen LogP contribution in [-0.4, -0.2) is 71.5 Å². The summed E-state index contributed by atoms with van der Waals surface area (Å²) in [6.45, 7) is 12.7. The van der Waals surface area contributed by atoms with Crippen LogP contribution in [0.5, 0.6) is 0 Å². The number of esters is 1. The van der Waals surface area contributed by atoms with Crippen LogP contribution in [0.3, 0.4) is 0 Å². The smallest absolute Gasteiger partial charge is 0.408 e. The summed E-state index contributed by atoms with van der Waals surface area (Å²) in [6.07, 6.45) is 0.703. The van der Waals surface area contributed by atoms with Gasteiger partial charge in [-0.05, 0) is 57.4 Å². The molecule has 1 aliphatic rings. The van der Waals surface area contributed by atoms with Crippen LogP contribution in [-0.2, 0) is 35.3 Å². The molecule has 0 radical (unpaired) electrons. The zero-order valence-electron chi connectivity index (χ0n) is 25.3. The highest BCUT2D eigenvalue weighted by atomic mass is 16.6. The lowest BCUT2D eigenvalue weighted by Gasteiger charge is -2.31. The van der Waals surface area contributed by atoms with E-state index in [9.17, 15) is 24.0 Å². The van der Waals surface area contributed by atoms with Gasteiger partial charge >= 0.3 is 12.1 Å². The molecular formula is C30H46N4O7. The molecule has 1 aromatic rings. The molecule has 1 aromatic carbocycles. The molecule has 11 nitrogen and oxygen atoms in total. The van der Waals surface area contributed by atoms with Crippen molar-refractivity contribution < 1.29 is 33.4 Å². The Hall–Kier alpha value is -3.63. The number of hydrogen-bond donors (Lipinski definition) is 3. The molecule has 0 bridgehead atoms. The number of hydrogen-bond acceptors (Lipinski definition) is 7. The van der Waals surface area contributed by atoms with Crippen molar-refractivity contribution in [2.75, 3.05) is 13.1 Å². The van der Waals surface area contributed by atoms with Crippen molar-refractivity contribution in [1.29, 1.82) is 0 Å². The minimum Gasteiger partial charge on any atom is -0.459 e. The van der Waals surface area contributed by atoms with Gasteiger partial charge in [-0.3, -0.25) is 14.4 Å². The maximum Gasteiger partial charge on any atom is 0.408 e. The average molecular weight is 575 g/mol. The third-order valence-electron chi connectivity index (χ3n) is 6.42. The van der Waals surface area contributed by atoms with Crippen molar-refractivity contribution in [3.63, 3.8) is 0 Å². The summed E-state index contributed by atoms with van der Waals surface area (Å²) >= 11 is 0. The fraction of sp³-hybridized carbons (Fsp3) is 0.633. The Kier molecular flexibility index (Phi) is 12.6. The van der Waals surface area contributed by atoms with Crippen LogP contribution in [0.2, 0.25) is 0 Å². The molecule has 3 atom stereocenters. The molecule has 228 valence electrons. The van der Waals surface area contributed by atoms with Gasteiger partial charge in [0.1, 0.15) is 30.3 Å². The van der Waals surface area contributed by atoms with E-state index >= 15 is 0 Å². The third kappa shape index (κ3) is 11.4. The highest BCUT2D eigenvalue weighted by Crippen LogP contribution is 2.21. The molecule has 0 saturated carbocycles. The van der Waals surface area contributed by atoms with Gasteiger partial charge in [0.15, 0.2) is 0 Å². The standard InChI is InChI=1S/C30H46N4O7/c1-19(2)16-22(28(38)40-18-21-12-9-8-10-13-21)32-24(35)17-31-26(36)23-14-11-15-34(23)27(37)25(20(3)4)33-29(39)41-30(5,6)7/h8-10,12-13,19-20,22-23,25H,11,14-18H2,1-7H3,(H,31,36)(H,32,35)(H,33,39)/t22-,23+,25-/m1/s1. The average Bonchev–Trinajstić information content (AvgIpc) is 3.37. The Morgan fingerprint density at radius 3 is 2.24 bits per heavy atom. The lowest BCUT2D eigenvalue weighted by molar-refractivity contribution is -0.149. The molecular weight excluding hydrogens is 528 g/mol. The topological polar surface area (TPSA) is 143 Å². The number of alkyl carbamates (subject to hydrolysis) is 1. The van der Waals surface area contributed by atoms with Crippen LogP contribution < -0.4 is 16.0 Å². The minimum atomic E-state index is -0.875. The maximum absolute atomic E-state index is 13.4. The second-order valence-electron chi connectivity index (χ2n) is 12.1. The van der Waals surface area contributed by atoms with E-state index < -0.39 is 47.6 Å². The van der Waals surface area contributed by atoms with Gasteiger partial charge in [0.25, 0.3) is 0 Å². The summed E-state index contributed by atoms with van der Waals surface area (Å²) in [6, 6.07) is 6.72. The molecule has 4 amide bonds. The summed E-state index contributed by atoms with van der Waals surface area (Å²) in [5.74, 6) is -2.08. The summed E-state index contributed by atoms with van der Waals surface area (Å²) in [5.41, 5.74) is 0.109. The Morgan fingerprint density at radius 1 is 1.00 bits per heavy atom. The van der Waals surface area contributed by atoms with Crippen molar-refractivity contribution in [3.8, 4) is 0 Å². The molecule has 0 aromatic heterocycles. The van der Waals surface area contributed by atoms with E-state index in [4.69, 9.17) is 9.47 Å². The van der Waals surface area contributed by atoms with Crippen molar-refractivity contribution in [1.82, 2.24) is 20.9 Å². The first kappa shape index (κ1) is 33.6. The number of ether oxygens (including phenoxy) is 2. The van der Waals surface area contributed by atoms with E-state index in [0.717, 1.165) is 5.56 Å². The molecule has 1 aliphatic heterocycles. The first-order valence-electron chi connectivity index (χ1n) is 14.3. The first-order valence-corrected chi connectivity index (χ1v) is 14.3. The second kappa shape index (κ2) is 15.4. The number of benzene rings is 1. The van der Waals surface area contributed by atoms with Crippen molar-refractivity contribution >= 4 is 29.8 Å². The van der Waals surface area contributed by atoms with Gasteiger partial charge in [-0.2, -0.15) is 0 Å². The van der Waals surface area contributed by atoms with Crippen molar-refractivity contribution in [3.05, 3.63) is 35.9 Å². The van der Waals surface area contributed by atoms with Gasteiger partial charge < -0.3 is 30.3 Å². The van der Waals surface area contributed by atoms with Gasteiger partial charge in [-0.15, -0.1) is 0 Å². The Bertz CT molecular complexity index is 1050. The molecule has 1 heterocycles. The summed E-state index contributed by atoms with van der Waals surface area (Å²) in [4.78, 5) is 65.6. The fourth-order valence-electron chi connectivity index (χ4n) is 4.48. The van der Waals surface area contributed by atoms with Crippen LogP contribution in [0.1, 0.15) is 73.3 Å². The van der Waals surface area contributed by atoms with Crippen LogP contribution in [0.25, 0.3) is 0 Å². The lowest BCUT2D eigenvalue weighted by Crippen LogP contribution is -2.56. The Morgan fingerprint density at radius 2 is 1.66 bits per heavy atom. The van der Waals surface area contributed by atoms with E-state index in [1.54, 1.807) is 34.6 Å². The van der Waals surface area contributed by atoms with E-state index in [-0.39, 0.29) is 30.9 Å². The highest BCUT2D eigenvalue weighted by Gasteiger charge is 2.39. The second-order valence-corrected chi connectivity index (χ2v) is 12.1. The van der Waals surface area contributed by atoms with E-state index in [1.807, 2.05) is 44.2 Å². The fourth-order valence-corrected chi connectivity index (χ4v) is 4.48. The van der Waals surface area contributed by atoms with E-state index in [2.05, 4.69) is 16.0 Å². The summed E-state index contributed by atoms with van der Waals surface area (Å²) < 4.78 is 10.7. The van der Waals surface area contributed by atoms with Crippen LogP contribution in [0, 0.1) is 11.8 Å². The largest absolute Gasteiger partial charge is 0.459 e. The molecule has 11 heteroatoms.